The second kappa shape index (κ2) is 2.53. The Kier molecular flexibility index (Phi) is 1.52. The van der Waals surface area contributed by atoms with Crippen LogP contribution < -0.4 is 0 Å². The lowest BCUT2D eigenvalue weighted by atomic mass is 10.0. The molecule has 12 heavy (non-hydrogen) atoms. The van der Waals surface area contributed by atoms with Gasteiger partial charge in [0.15, 0.2) is 0 Å². The minimum Gasteiger partial charge on any atom is -0.461 e. The van der Waals surface area contributed by atoms with Gasteiger partial charge in [-0.2, -0.15) is 0 Å². The minimum atomic E-state index is -0.300. The van der Waals surface area contributed by atoms with E-state index >= 15 is 0 Å². The van der Waals surface area contributed by atoms with E-state index < -0.39 is 0 Å². The number of rotatable bonds is 1. The van der Waals surface area contributed by atoms with Gasteiger partial charge in [0.05, 0.1) is 12.5 Å². The van der Waals surface area contributed by atoms with Gasteiger partial charge in [-0.25, -0.2) is 0 Å². The fraction of sp³-hybridized carbons (Fsp3) is 0.571. The van der Waals surface area contributed by atoms with E-state index in [2.05, 4.69) is 10.0 Å². The first kappa shape index (κ1) is 7.18. The molecular weight excluding hydrogens is 158 g/mol. The summed E-state index contributed by atoms with van der Waals surface area (Å²) in [6.07, 6.45) is 3.85. The van der Waals surface area contributed by atoms with Gasteiger partial charge >= 0.3 is 5.97 Å². The maximum absolute atomic E-state index is 10.8. The van der Waals surface area contributed by atoms with E-state index in [9.17, 15) is 4.79 Å². The van der Waals surface area contributed by atoms with Gasteiger partial charge < -0.3 is 4.74 Å². The van der Waals surface area contributed by atoms with Crippen LogP contribution in [-0.2, 0) is 9.53 Å². The van der Waals surface area contributed by atoms with E-state index in [1.807, 2.05) is 6.08 Å². The molecule has 62 valence electrons. The molecule has 1 fully saturated rings. The minimum absolute atomic E-state index is 0.119. The maximum Gasteiger partial charge on any atom is 0.306 e. The molecule has 5 heteroatoms. The number of carbonyl (C=O) groups is 1. The van der Waals surface area contributed by atoms with Crippen LogP contribution in [0.3, 0.4) is 0 Å². The molecule has 0 spiro atoms. The van der Waals surface area contributed by atoms with Crippen molar-refractivity contribution in [2.24, 2.45) is 11.0 Å². The monoisotopic (exact) mass is 165 g/mol. The van der Waals surface area contributed by atoms with E-state index in [0.717, 1.165) is 0 Å². The topological polar surface area (TPSA) is 75.1 Å². The van der Waals surface area contributed by atoms with E-state index in [-0.39, 0.29) is 24.0 Å². The molecule has 0 amide bonds. The Morgan fingerprint density at radius 1 is 1.67 bits per heavy atom. The van der Waals surface area contributed by atoms with Gasteiger partial charge in [0.1, 0.15) is 6.10 Å². The van der Waals surface area contributed by atoms with Gasteiger partial charge in [0.2, 0.25) is 0 Å². The highest BCUT2D eigenvalue weighted by atomic mass is 16.6. The van der Waals surface area contributed by atoms with Gasteiger partial charge in [-0.05, 0) is 5.53 Å². The molecule has 5 nitrogen and oxygen atoms in total. The summed E-state index contributed by atoms with van der Waals surface area (Å²) >= 11 is 0. The standard InChI is InChI=1S/C7H7N3O2/c8-10-9-5-2-1-4-3-6(11)12-7(4)5/h1-2,4-5,7H,3H2/t4-,5?,7+/m0/s1. The molecule has 0 bridgehead atoms. The van der Waals surface area contributed by atoms with Crippen LogP contribution in [0.15, 0.2) is 17.3 Å². The van der Waals surface area contributed by atoms with Crippen LogP contribution in [-0.4, -0.2) is 18.1 Å². The number of carbonyl (C=O) groups excluding carboxylic acids is 1. The smallest absolute Gasteiger partial charge is 0.306 e. The molecule has 0 saturated carbocycles. The molecule has 1 aliphatic heterocycles. The summed E-state index contributed by atoms with van der Waals surface area (Å²) in [6, 6.07) is -0.300. The Balaban J connectivity index is 2.18. The molecule has 2 rings (SSSR count). The molecule has 1 unspecified atom stereocenters. The van der Waals surface area contributed by atoms with Gasteiger partial charge in [-0.3, -0.25) is 4.79 Å². The molecule has 0 aromatic carbocycles. The third-order valence-electron chi connectivity index (χ3n) is 2.17. The van der Waals surface area contributed by atoms with Crippen LogP contribution in [0.2, 0.25) is 0 Å². The van der Waals surface area contributed by atoms with Gasteiger partial charge in [-0.1, -0.05) is 17.3 Å². The number of fused-ring (bicyclic) bond motifs is 1. The van der Waals surface area contributed by atoms with Crippen molar-refractivity contribution in [2.75, 3.05) is 0 Å². The zero-order chi connectivity index (χ0) is 8.55. The van der Waals surface area contributed by atoms with E-state index in [1.54, 1.807) is 6.08 Å². The lowest BCUT2D eigenvalue weighted by molar-refractivity contribution is -0.141. The van der Waals surface area contributed by atoms with Gasteiger partial charge in [0, 0.05) is 10.8 Å². The normalized spacial score (nSPS) is 37.3. The van der Waals surface area contributed by atoms with Crippen LogP contribution in [0.4, 0.5) is 0 Å². The van der Waals surface area contributed by atoms with Crippen molar-refractivity contribution < 1.29 is 9.53 Å². The zero-order valence-corrected chi connectivity index (χ0v) is 6.25. The van der Waals surface area contributed by atoms with Crippen molar-refractivity contribution in [2.45, 2.75) is 18.6 Å². The summed E-state index contributed by atoms with van der Waals surface area (Å²) in [7, 11) is 0. The van der Waals surface area contributed by atoms with Crippen LogP contribution >= 0.6 is 0 Å². The van der Waals surface area contributed by atoms with Crippen LogP contribution in [0.1, 0.15) is 6.42 Å². The molecule has 1 saturated heterocycles. The number of hydrogen-bond donors (Lipinski definition) is 0. The molecule has 1 aliphatic carbocycles. The Hall–Kier alpha value is -1.48. The highest BCUT2D eigenvalue weighted by molar-refractivity contribution is 5.73. The second-order valence-electron chi connectivity index (χ2n) is 2.90. The highest BCUT2D eigenvalue weighted by Crippen LogP contribution is 2.32. The quantitative estimate of drug-likeness (QED) is 0.192. The number of hydrogen-bond acceptors (Lipinski definition) is 3. The Morgan fingerprint density at radius 2 is 2.50 bits per heavy atom. The number of ether oxygens (including phenoxy) is 1. The Labute approximate surface area is 68.6 Å². The van der Waals surface area contributed by atoms with Gasteiger partial charge in [-0.15, -0.1) is 0 Å². The van der Waals surface area contributed by atoms with Crippen LogP contribution in [0.5, 0.6) is 0 Å². The van der Waals surface area contributed by atoms with Crippen molar-refractivity contribution in [1.82, 2.24) is 0 Å². The van der Waals surface area contributed by atoms with Gasteiger partial charge in [0.25, 0.3) is 0 Å². The van der Waals surface area contributed by atoms with E-state index in [1.165, 1.54) is 0 Å². The molecule has 1 heterocycles. The Bertz CT molecular complexity index is 293. The number of esters is 1. The molecule has 3 atom stereocenters. The first-order valence-electron chi connectivity index (χ1n) is 3.73. The number of azide groups is 1. The molecule has 0 N–H and O–H groups in total. The predicted octanol–water partition coefficient (Wildman–Crippen LogP) is 1.17. The zero-order valence-electron chi connectivity index (χ0n) is 6.25. The van der Waals surface area contributed by atoms with Crippen LogP contribution in [0.25, 0.3) is 10.4 Å². The van der Waals surface area contributed by atoms with Crippen molar-refractivity contribution >= 4 is 5.97 Å². The van der Waals surface area contributed by atoms with E-state index in [4.69, 9.17) is 10.3 Å². The SMILES string of the molecule is [N-]=[N+]=NC1C=C[C@H]2CC(=O)O[C@@H]12. The first-order valence-corrected chi connectivity index (χ1v) is 3.73. The maximum atomic E-state index is 10.8. The second-order valence-corrected chi connectivity index (χ2v) is 2.90. The lowest BCUT2D eigenvalue weighted by Gasteiger charge is -2.11. The fourth-order valence-corrected chi connectivity index (χ4v) is 1.63. The fourth-order valence-electron chi connectivity index (χ4n) is 1.63. The molecule has 2 aliphatic rings. The molecular formula is C7H7N3O2. The molecule has 0 aromatic rings. The predicted molar refractivity (Wildman–Crippen MR) is 40.1 cm³/mol. The average Bonchev–Trinajstić information content (AvgIpc) is 2.52. The summed E-state index contributed by atoms with van der Waals surface area (Å²) in [5, 5.41) is 3.52. The van der Waals surface area contributed by atoms with Crippen molar-refractivity contribution in [3.05, 3.63) is 22.6 Å². The third kappa shape index (κ3) is 0.950. The Morgan fingerprint density at radius 3 is 3.25 bits per heavy atom. The summed E-state index contributed by atoms with van der Waals surface area (Å²) in [5.41, 5.74) is 8.20. The summed E-state index contributed by atoms with van der Waals surface area (Å²) in [5.74, 6) is -0.0829. The highest BCUT2D eigenvalue weighted by Gasteiger charge is 2.40. The lowest BCUT2D eigenvalue weighted by Crippen LogP contribution is -2.22. The first-order chi connectivity index (χ1) is 5.81. The third-order valence-corrected chi connectivity index (χ3v) is 2.17. The molecule has 0 radical (unpaired) electrons. The molecule has 0 aromatic heterocycles. The summed E-state index contributed by atoms with van der Waals surface area (Å²) < 4.78 is 4.98. The van der Waals surface area contributed by atoms with Crippen molar-refractivity contribution in [3.8, 4) is 0 Å². The van der Waals surface area contributed by atoms with Crippen LogP contribution in [0, 0.1) is 5.92 Å². The van der Waals surface area contributed by atoms with E-state index in [0.29, 0.717) is 6.42 Å². The average molecular weight is 165 g/mol. The van der Waals surface area contributed by atoms with Crippen molar-refractivity contribution in [1.29, 1.82) is 0 Å². The largest absolute Gasteiger partial charge is 0.461 e. The van der Waals surface area contributed by atoms with Crippen molar-refractivity contribution in [3.63, 3.8) is 0 Å². The summed E-state index contributed by atoms with van der Waals surface area (Å²) in [4.78, 5) is 13.5. The summed E-state index contributed by atoms with van der Waals surface area (Å²) in [6.45, 7) is 0. The number of nitrogens with zero attached hydrogens (tertiary/aromatic N) is 3.